The van der Waals surface area contributed by atoms with Crippen LogP contribution in [0.2, 0.25) is 0 Å². The third kappa shape index (κ3) is 12.3. The minimum absolute atomic E-state index is 0.162. The number of rotatable bonds is 19. The highest BCUT2D eigenvalue weighted by Gasteiger charge is 2.11. The van der Waals surface area contributed by atoms with E-state index >= 15 is 0 Å². The number of hydrogen-bond acceptors (Lipinski definition) is 5. The van der Waals surface area contributed by atoms with Crippen LogP contribution in [0.3, 0.4) is 0 Å². The van der Waals surface area contributed by atoms with E-state index in [1.807, 2.05) is 26.0 Å². The van der Waals surface area contributed by atoms with Gasteiger partial charge in [-0.05, 0) is 75.3 Å². The van der Waals surface area contributed by atoms with E-state index in [4.69, 9.17) is 46.9 Å². The number of ether oxygens (including phenoxy) is 5. The van der Waals surface area contributed by atoms with E-state index in [1.165, 1.54) is 0 Å². The van der Waals surface area contributed by atoms with Gasteiger partial charge in [0.15, 0.2) is 6.29 Å². The molecule has 0 aliphatic rings. The van der Waals surface area contributed by atoms with E-state index in [0.29, 0.717) is 33.0 Å². The molecule has 0 saturated heterocycles. The van der Waals surface area contributed by atoms with Crippen LogP contribution in [0.4, 0.5) is 0 Å². The normalized spacial score (nSPS) is 11.1. The molecule has 0 aromatic heterocycles. The van der Waals surface area contributed by atoms with E-state index in [1.54, 1.807) is 6.08 Å². The Hall–Kier alpha value is -0.980. The standard InChI is InChI=1S/C25H40Cl2O5/c1-5-20-18-22(31-17-12-23(26)27)19-21(6-2)25(20)32-15-11-9-10-14-28-16-13-24(29-7-3)30-8-4/h12,18-19,24H,5-11,13-17H2,1-4H3. The molecule has 0 unspecified atom stereocenters. The summed E-state index contributed by atoms with van der Waals surface area (Å²) in [5.74, 6) is 1.80. The second-order valence-electron chi connectivity index (χ2n) is 7.23. The highest BCUT2D eigenvalue weighted by molar-refractivity contribution is 6.55. The van der Waals surface area contributed by atoms with Crippen molar-refractivity contribution in [2.75, 3.05) is 39.6 Å². The molecule has 5 nitrogen and oxygen atoms in total. The van der Waals surface area contributed by atoms with E-state index in [0.717, 1.165) is 67.8 Å². The molecule has 0 radical (unpaired) electrons. The quantitative estimate of drug-likeness (QED) is 0.156. The van der Waals surface area contributed by atoms with E-state index < -0.39 is 0 Å². The molecule has 1 aromatic carbocycles. The lowest BCUT2D eigenvalue weighted by Crippen LogP contribution is -2.19. The summed E-state index contributed by atoms with van der Waals surface area (Å²) in [6.07, 6.45) is 7.06. The van der Waals surface area contributed by atoms with Crippen molar-refractivity contribution in [2.24, 2.45) is 0 Å². The molecule has 0 N–H and O–H groups in total. The molecule has 0 saturated carbocycles. The van der Waals surface area contributed by atoms with Gasteiger partial charge >= 0.3 is 0 Å². The van der Waals surface area contributed by atoms with Crippen LogP contribution >= 0.6 is 23.2 Å². The Labute approximate surface area is 204 Å². The molecule has 7 heteroatoms. The lowest BCUT2D eigenvalue weighted by atomic mass is 10.0. The van der Waals surface area contributed by atoms with Gasteiger partial charge in [-0.1, -0.05) is 37.0 Å². The van der Waals surface area contributed by atoms with E-state index in [-0.39, 0.29) is 10.8 Å². The van der Waals surface area contributed by atoms with Gasteiger partial charge in [0.25, 0.3) is 0 Å². The predicted molar refractivity (Wildman–Crippen MR) is 132 cm³/mol. The summed E-state index contributed by atoms with van der Waals surface area (Å²) in [7, 11) is 0. The van der Waals surface area contributed by atoms with Crippen molar-refractivity contribution in [3.05, 3.63) is 33.8 Å². The molecule has 0 heterocycles. The number of benzene rings is 1. The van der Waals surface area contributed by atoms with Crippen LogP contribution in [-0.2, 0) is 27.1 Å². The summed E-state index contributed by atoms with van der Waals surface area (Å²) in [6, 6.07) is 4.08. The van der Waals surface area contributed by atoms with Crippen molar-refractivity contribution in [1.29, 1.82) is 0 Å². The van der Waals surface area contributed by atoms with Crippen LogP contribution in [0.15, 0.2) is 22.7 Å². The molecular formula is C25H40Cl2O5. The van der Waals surface area contributed by atoms with Crippen molar-refractivity contribution in [1.82, 2.24) is 0 Å². The Morgan fingerprint density at radius 2 is 1.47 bits per heavy atom. The molecule has 1 aromatic rings. The smallest absolute Gasteiger partial charge is 0.159 e. The van der Waals surface area contributed by atoms with Gasteiger partial charge in [-0.15, -0.1) is 0 Å². The number of unbranched alkanes of at least 4 members (excludes halogenated alkanes) is 2. The molecule has 0 aliphatic carbocycles. The first-order valence-corrected chi connectivity index (χ1v) is 12.5. The van der Waals surface area contributed by atoms with Gasteiger partial charge in [0.2, 0.25) is 0 Å². The van der Waals surface area contributed by atoms with E-state index in [9.17, 15) is 0 Å². The molecule has 0 fully saturated rings. The molecule has 1 rings (SSSR count). The predicted octanol–water partition coefficient (Wildman–Crippen LogP) is 6.86. The maximum absolute atomic E-state index is 6.18. The van der Waals surface area contributed by atoms with Gasteiger partial charge in [-0.2, -0.15) is 0 Å². The number of hydrogen-bond donors (Lipinski definition) is 0. The summed E-state index contributed by atoms with van der Waals surface area (Å²) in [5.41, 5.74) is 2.31. The highest BCUT2D eigenvalue weighted by Crippen LogP contribution is 2.31. The zero-order valence-electron chi connectivity index (χ0n) is 20.1. The number of halogens is 2. The monoisotopic (exact) mass is 490 g/mol. The van der Waals surface area contributed by atoms with Gasteiger partial charge in [0, 0.05) is 26.2 Å². The van der Waals surface area contributed by atoms with Crippen molar-refractivity contribution in [3.8, 4) is 11.5 Å². The Bertz CT molecular complexity index is 616. The van der Waals surface area contributed by atoms with Crippen LogP contribution in [0, 0.1) is 0 Å². The second kappa shape index (κ2) is 18.4. The van der Waals surface area contributed by atoms with Crippen LogP contribution in [0.1, 0.15) is 64.5 Å². The van der Waals surface area contributed by atoms with Crippen molar-refractivity contribution < 1.29 is 23.7 Å². The molecule has 0 bridgehead atoms. The van der Waals surface area contributed by atoms with Crippen molar-refractivity contribution >= 4 is 23.2 Å². The zero-order valence-corrected chi connectivity index (χ0v) is 21.6. The lowest BCUT2D eigenvalue weighted by Gasteiger charge is -2.17. The summed E-state index contributed by atoms with van der Waals surface area (Å²) in [5, 5.41) is 0. The molecule has 0 spiro atoms. The minimum atomic E-state index is -0.162. The summed E-state index contributed by atoms with van der Waals surface area (Å²) >= 11 is 11.3. The molecule has 0 amide bonds. The van der Waals surface area contributed by atoms with Crippen molar-refractivity contribution in [3.63, 3.8) is 0 Å². The van der Waals surface area contributed by atoms with Gasteiger partial charge in [0.05, 0.1) is 13.2 Å². The van der Waals surface area contributed by atoms with Gasteiger partial charge in [-0.25, -0.2) is 0 Å². The Morgan fingerprint density at radius 1 is 0.844 bits per heavy atom. The largest absolute Gasteiger partial charge is 0.493 e. The lowest BCUT2D eigenvalue weighted by molar-refractivity contribution is -0.146. The summed E-state index contributed by atoms with van der Waals surface area (Å²) < 4.78 is 28.9. The summed E-state index contributed by atoms with van der Waals surface area (Å²) in [6.45, 7) is 11.9. The van der Waals surface area contributed by atoms with Gasteiger partial charge in [0.1, 0.15) is 22.6 Å². The average Bonchev–Trinajstić information content (AvgIpc) is 2.78. The first-order valence-electron chi connectivity index (χ1n) is 11.8. The van der Waals surface area contributed by atoms with E-state index in [2.05, 4.69) is 13.8 Å². The fraction of sp³-hybridized carbons (Fsp3) is 0.680. The third-order valence-corrected chi connectivity index (χ3v) is 5.16. The molecule has 0 atom stereocenters. The maximum Gasteiger partial charge on any atom is 0.159 e. The molecule has 184 valence electrons. The Balaban J connectivity index is 2.35. The topological polar surface area (TPSA) is 46.2 Å². The second-order valence-corrected chi connectivity index (χ2v) is 8.24. The summed E-state index contributed by atoms with van der Waals surface area (Å²) in [4.78, 5) is 0. The van der Waals surface area contributed by atoms with Crippen LogP contribution in [-0.4, -0.2) is 45.9 Å². The van der Waals surface area contributed by atoms with Crippen LogP contribution < -0.4 is 9.47 Å². The molecule has 32 heavy (non-hydrogen) atoms. The van der Waals surface area contributed by atoms with Crippen molar-refractivity contribution in [2.45, 2.75) is 72.5 Å². The fourth-order valence-electron chi connectivity index (χ4n) is 3.24. The average molecular weight is 491 g/mol. The highest BCUT2D eigenvalue weighted by atomic mass is 35.5. The first-order chi connectivity index (χ1) is 15.5. The first kappa shape index (κ1) is 29.1. The Morgan fingerprint density at radius 3 is 2.03 bits per heavy atom. The fourth-order valence-corrected chi connectivity index (χ4v) is 3.37. The number of aryl methyl sites for hydroxylation is 2. The zero-order chi connectivity index (χ0) is 23.6. The van der Waals surface area contributed by atoms with Gasteiger partial charge in [-0.3, -0.25) is 0 Å². The van der Waals surface area contributed by atoms with Crippen LogP contribution in [0.25, 0.3) is 0 Å². The molecular weight excluding hydrogens is 451 g/mol. The Kier molecular flexibility index (Phi) is 16.7. The molecule has 0 aliphatic heterocycles. The SMILES string of the molecule is CCOC(CCOCCCCCOc1c(CC)cc(OCC=C(Cl)Cl)cc1CC)OCC. The van der Waals surface area contributed by atoms with Crippen LogP contribution in [0.5, 0.6) is 11.5 Å². The van der Waals surface area contributed by atoms with Gasteiger partial charge < -0.3 is 23.7 Å². The minimum Gasteiger partial charge on any atom is -0.493 e. The third-order valence-electron chi connectivity index (χ3n) is 4.85. The maximum atomic E-state index is 6.18.